The Morgan fingerprint density at radius 2 is 1.62 bits per heavy atom. The minimum Gasteiger partial charge on any atom is -0.496 e. The molecular formula is C11H12Cl2O3. The van der Waals surface area contributed by atoms with Gasteiger partial charge in [-0.25, -0.2) is 0 Å². The molecule has 5 heteroatoms. The first-order valence-corrected chi connectivity index (χ1v) is 5.64. The van der Waals surface area contributed by atoms with E-state index in [4.69, 9.17) is 32.7 Å². The minimum absolute atomic E-state index is 0.181. The van der Waals surface area contributed by atoms with Crippen molar-refractivity contribution in [1.29, 1.82) is 0 Å². The molecule has 0 bridgehead atoms. The van der Waals surface area contributed by atoms with Gasteiger partial charge >= 0.3 is 0 Å². The third-order valence-corrected chi connectivity index (χ3v) is 2.72. The van der Waals surface area contributed by atoms with Gasteiger partial charge in [0.05, 0.1) is 26.0 Å². The van der Waals surface area contributed by atoms with E-state index in [9.17, 15) is 4.79 Å². The Labute approximate surface area is 104 Å². The van der Waals surface area contributed by atoms with Gasteiger partial charge in [-0.15, -0.1) is 23.2 Å². The summed E-state index contributed by atoms with van der Waals surface area (Å²) in [7, 11) is 2.94. The Hall–Kier alpha value is -0.930. The third-order valence-electron chi connectivity index (χ3n) is 2.15. The van der Waals surface area contributed by atoms with Crippen LogP contribution in [0.25, 0.3) is 0 Å². The molecule has 0 spiro atoms. The molecule has 3 nitrogen and oxygen atoms in total. The molecule has 0 radical (unpaired) electrons. The van der Waals surface area contributed by atoms with Crippen molar-refractivity contribution in [3.8, 4) is 11.5 Å². The van der Waals surface area contributed by atoms with Crippen LogP contribution in [-0.2, 0) is 11.8 Å². The summed E-state index contributed by atoms with van der Waals surface area (Å²) in [5.74, 6) is 1.16. The van der Waals surface area contributed by atoms with Gasteiger partial charge in [0.1, 0.15) is 5.75 Å². The maximum Gasteiger partial charge on any atom is 0.220 e. The molecule has 0 atom stereocenters. The monoisotopic (exact) mass is 262 g/mol. The number of hydrogen-bond acceptors (Lipinski definition) is 3. The van der Waals surface area contributed by atoms with Crippen molar-refractivity contribution in [2.75, 3.05) is 14.2 Å². The lowest BCUT2D eigenvalue weighted by Crippen LogP contribution is -2.00. The fraction of sp³-hybridized carbons (Fsp3) is 0.364. The largest absolute Gasteiger partial charge is 0.496 e. The lowest BCUT2D eigenvalue weighted by Gasteiger charge is -2.05. The summed E-state index contributed by atoms with van der Waals surface area (Å²) in [6.45, 7) is 0. The molecule has 0 N–H and O–H groups in total. The predicted octanol–water partition coefficient (Wildman–Crippen LogP) is 2.54. The molecule has 0 heterocycles. The number of methoxy groups -OCH3 is 2. The van der Waals surface area contributed by atoms with Crippen LogP contribution in [0.15, 0.2) is 16.9 Å². The average molecular weight is 263 g/mol. The van der Waals surface area contributed by atoms with Crippen LogP contribution in [0.1, 0.15) is 11.1 Å². The zero-order valence-corrected chi connectivity index (χ0v) is 10.6. The van der Waals surface area contributed by atoms with Crippen LogP contribution >= 0.6 is 23.2 Å². The van der Waals surface area contributed by atoms with Gasteiger partial charge in [0.15, 0.2) is 5.75 Å². The molecule has 1 aromatic carbocycles. The summed E-state index contributed by atoms with van der Waals surface area (Å²) in [5, 5.41) is 0. The molecule has 0 saturated heterocycles. The summed E-state index contributed by atoms with van der Waals surface area (Å²) in [6, 6.07) is 2.98. The fourth-order valence-electron chi connectivity index (χ4n) is 1.42. The maximum atomic E-state index is 11.7. The van der Waals surface area contributed by atoms with Crippen molar-refractivity contribution < 1.29 is 9.47 Å². The number of hydrogen-bond donors (Lipinski definition) is 0. The number of alkyl halides is 2. The number of halogens is 2. The van der Waals surface area contributed by atoms with Gasteiger partial charge < -0.3 is 9.47 Å². The van der Waals surface area contributed by atoms with Gasteiger partial charge in [0.2, 0.25) is 5.43 Å². The molecule has 1 rings (SSSR count). The van der Waals surface area contributed by atoms with Crippen LogP contribution in [-0.4, -0.2) is 14.2 Å². The van der Waals surface area contributed by atoms with Crippen molar-refractivity contribution in [3.63, 3.8) is 0 Å². The Morgan fingerprint density at radius 1 is 1.06 bits per heavy atom. The van der Waals surface area contributed by atoms with E-state index in [2.05, 4.69) is 0 Å². The maximum absolute atomic E-state index is 11.7. The van der Waals surface area contributed by atoms with E-state index in [0.29, 0.717) is 16.9 Å². The summed E-state index contributed by atoms with van der Waals surface area (Å²) in [4.78, 5) is 11.7. The Morgan fingerprint density at radius 3 is 2.06 bits per heavy atom. The minimum atomic E-state index is -0.243. The molecule has 0 aliphatic heterocycles. The van der Waals surface area contributed by atoms with Crippen LogP contribution < -0.4 is 14.9 Å². The van der Waals surface area contributed by atoms with E-state index in [1.165, 1.54) is 20.3 Å². The highest BCUT2D eigenvalue weighted by Crippen LogP contribution is 2.26. The van der Waals surface area contributed by atoms with Crippen LogP contribution in [0.2, 0.25) is 0 Å². The summed E-state index contributed by atoms with van der Waals surface area (Å²) in [5.41, 5.74) is 1.04. The Balaban J connectivity index is 3.61. The first-order chi connectivity index (χ1) is 7.67. The van der Waals surface area contributed by atoms with Gasteiger partial charge in [-0.3, -0.25) is 4.79 Å². The van der Waals surface area contributed by atoms with Crippen molar-refractivity contribution in [1.82, 2.24) is 0 Å². The van der Waals surface area contributed by atoms with Gasteiger partial charge in [-0.2, -0.15) is 0 Å². The first kappa shape index (κ1) is 13.1. The fourth-order valence-corrected chi connectivity index (χ4v) is 1.81. The standard InChI is InChI=1S/C11H12Cl2O3/c1-15-10-4-8(6-13)11(16-2)7(5-12)3-9(10)14/h3-4H,5-6H2,1-2H3. The zero-order valence-electron chi connectivity index (χ0n) is 9.05. The highest BCUT2D eigenvalue weighted by atomic mass is 35.5. The molecule has 16 heavy (non-hydrogen) atoms. The van der Waals surface area contributed by atoms with Crippen LogP contribution in [0.4, 0.5) is 0 Å². The lowest BCUT2D eigenvalue weighted by molar-refractivity contribution is 0.405. The molecule has 0 aromatic heterocycles. The molecular weight excluding hydrogens is 251 g/mol. The van der Waals surface area contributed by atoms with E-state index in [-0.39, 0.29) is 22.9 Å². The Bertz CT molecular complexity index is 432. The molecule has 0 aliphatic rings. The Kier molecular flexibility index (Phi) is 4.90. The van der Waals surface area contributed by atoms with E-state index in [1.54, 1.807) is 6.07 Å². The van der Waals surface area contributed by atoms with E-state index >= 15 is 0 Å². The molecule has 0 unspecified atom stereocenters. The van der Waals surface area contributed by atoms with Crippen LogP contribution in [0.3, 0.4) is 0 Å². The second-order valence-electron chi connectivity index (χ2n) is 3.07. The van der Waals surface area contributed by atoms with E-state index in [1.807, 2.05) is 0 Å². The molecule has 1 aromatic rings. The van der Waals surface area contributed by atoms with Gasteiger partial charge in [-0.05, 0) is 12.1 Å². The number of rotatable bonds is 4. The smallest absolute Gasteiger partial charge is 0.220 e. The topological polar surface area (TPSA) is 35.5 Å². The summed E-state index contributed by atoms with van der Waals surface area (Å²) < 4.78 is 10.2. The first-order valence-electron chi connectivity index (χ1n) is 4.58. The second-order valence-corrected chi connectivity index (χ2v) is 3.61. The van der Waals surface area contributed by atoms with Crippen LogP contribution in [0.5, 0.6) is 11.5 Å². The van der Waals surface area contributed by atoms with Gasteiger partial charge in [-0.1, -0.05) is 0 Å². The van der Waals surface area contributed by atoms with E-state index < -0.39 is 0 Å². The van der Waals surface area contributed by atoms with Crippen molar-refractivity contribution in [3.05, 3.63) is 33.5 Å². The van der Waals surface area contributed by atoms with Gasteiger partial charge in [0, 0.05) is 11.1 Å². The predicted molar refractivity (Wildman–Crippen MR) is 64.9 cm³/mol. The molecule has 0 amide bonds. The van der Waals surface area contributed by atoms with E-state index in [0.717, 1.165) is 0 Å². The SMILES string of the molecule is COc1c(CCl)cc(OC)c(=O)cc1CCl. The third kappa shape index (κ3) is 2.60. The molecule has 0 aliphatic carbocycles. The average Bonchev–Trinajstić information content (AvgIpc) is 2.44. The highest BCUT2D eigenvalue weighted by molar-refractivity contribution is 6.18. The normalized spacial score (nSPS) is 10.0. The van der Waals surface area contributed by atoms with Crippen molar-refractivity contribution >= 4 is 23.2 Å². The molecule has 88 valence electrons. The van der Waals surface area contributed by atoms with Crippen molar-refractivity contribution in [2.24, 2.45) is 0 Å². The number of ether oxygens (including phenoxy) is 2. The quantitative estimate of drug-likeness (QED) is 0.783. The summed E-state index contributed by atoms with van der Waals surface area (Å²) >= 11 is 11.6. The summed E-state index contributed by atoms with van der Waals surface area (Å²) in [6.07, 6.45) is 0. The lowest BCUT2D eigenvalue weighted by atomic mass is 10.2. The zero-order chi connectivity index (χ0) is 12.1. The second kappa shape index (κ2) is 5.97. The molecule has 0 saturated carbocycles. The van der Waals surface area contributed by atoms with Crippen LogP contribution in [0, 0.1) is 0 Å². The highest BCUT2D eigenvalue weighted by Gasteiger charge is 2.10. The molecule has 0 fully saturated rings. The van der Waals surface area contributed by atoms with Gasteiger partial charge in [0.25, 0.3) is 0 Å². The van der Waals surface area contributed by atoms with Crippen molar-refractivity contribution in [2.45, 2.75) is 11.8 Å².